The zero-order valence-corrected chi connectivity index (χ0v) is 34.9. The van der Waals surface area contributed by atoms with E-state index in [0.717, 1.165) is 11.4 Å². The van der Waals surface area contributed by atoms with Gasteiger partial charge in [0.1, 0.15) is 0 Å². The van der Waals surface area contributed by atoms with Crippen LogP contribution >= 0.6 is 0 Å². The highest BCUT2D eigenvalue weighted by atomic mass is 15.0. The summed E-state index contributed by atoms with van der Waals surface area (Å²) in [5, 5.41) is 10.0. The van der Waals surface area contributed by atoms with E-state index in [-0.39, 0.29) is 5.41 Å². The molecule has 0 fully saturated rings. The van der Waals surface area contributed by atoms with Gasteiger partial charge in [0.15, 0.2) is 0 Å². The third-order valence-electron chi connectivity index (χ3n) is 14.0. The molecular weight excluding hydrogens is 749 g/mol. The second kappa shape index (κ2) is 12.9. The number of hydrogen-bond donors (Lipinski definition) is 0. The predicted octanol–water partition coefficient (Wildman–Crippen LogP) is 16.1. The molecule has 12 aromatic rings. The fourth-order valence-electron chi connectivity index (χ4n) is 11.1. The molecular formula is C60H42N2. The summed E-state index contributed by atoms with van der Waals surface area (Å²) in [6, 6.07) is 75.0. The summed E-state index contributed by atoms with van der Waals surface area (Å²) in [5.41, 5.74) is 18.7. The molecule has 0 radical (unpaired) electrons. The number of aromatic nitrogens is 2. The Labute approximate surface area is 360 Å². The van der Waals surface area contributed by atoms with Gasteiger partial charge in [0, 0.05) is 38.3 Å². The number of nitrogens with zero attached hydrogens (tertiary/aromatic N) is 2. The third-order valence-corrected chi connectivity index (χ3v) is 14.0. The SMILES string of the molecule is Cc1ccc(-c2c3ccc(-n4c5ccccc5c5ccccc54)cc3c(-c3ccc4c(c3)C(C)(C)c3ccccc3-4)c3ccc(-n4c5ccccc5c5ccccc54)cc23)cc1. The molecule has 13 rings (SSSR count). The van der Waals surface area contributed by atoms with Gasteiger partial charge >= 0.3 is 0 Å². The first-order valence-electron chi connectivity index (χ1n) is 21.8. The molecule has 0 aliphatic heterocycles. The van der Waals surface area contributed by atoms with Crippen molar-refractivity contribution in [1.82, 2.24) is 9.13 Å². The maximum Gasteiger partial charge on any atom is 0.0541 e. The quantitative estimate of drug-likeness (QED) is 0.157. The Kier molecular flexibility index (Phi) is 7.31. The highest BCUT2D eigenvalue weighted by Gasteiger charge is 2.35. The van der Waals surface area contributed by atoms with E-state index in [9.17, 15) is 0 Å². The zero-order chi connectivity index (χ0) is 41.3. The molecule has 0 N–H and O–H groups in total. The number of hydrogen-bond acceptors (Lipinski definition) is 0. The smallest absolute Gasteiger partial charge is 0.0541 e. The molecule has 1 aliphatic rings. The van der Waals surface area contributed by atoms with Crippen molar-refractivity contribution in [3.05, 3.63) is 217 Å². The summed E-state index contributed by atoms with van der Waals surface area (Å²) in [5.74, 6) is 0. The van der Waals surface area contributed by atoms with Crippen molar-refractivity contribution >= 4 is 65.2 Å². The lowest BCUT2D eigenvalue weighted by molar-refractivity contribution is 0.660. The van der Waals surface area contributed by atoms with Crippen LogP contribution in [0.2, 0.25) is 0 Å². The summed E-state index contributed by atoms with van der Waals surface area (Å²) in [4.78, 5) is 0. The van der Waals surface area contributed by atoms with Crippen molar-refractivity contribution in [3.63, 3.8) is 0 Å². The molecule has 0 bridgehead atoms. The van der Waals surface area contributed by atoms with Crippen LogP contribution in [0, 0.1) is 6.92 Å². The standard InChI is InChI=1S/C60H42N2/c1-37-24-26-38(27-25-37)58-48-32-29-41(62-56-22-12-7-17-46(56)47-18-8-13-23-57(47)62)36-51(48)59(39-28-31-43-42-14-4-9-19-52(42)60(2,3)53(43)34-39)49-33-30-40(35-50(49)58)61-54-20-10-5-15-44(54)45-16-6-11-21-55(45)61/h4-36H,1-3H3. The summed E-state index contributed by atoms with van der Waals surface area (Å²) >= 11 is 0. The van der Waals surface area contributed by atoms with E-state index in [4.69, 9.17) is 0 Å². The Hall–Kier alpha value is -7.68. The molecule has 2 aromatic heterocycles. The number of aryl methyl sites for hydroxylation is 1. The first kappa shape index (κ1) is 35.1. The van der Waals surface area contributed by atoms with E-state index in [1.165, 1.54) is 115 Å². The van der Waals surface area contributed by atoms with Gasteiger partial charge < -0.3 is 9.13 Å². The van der Waals surface area contributed by atoms with Crippen LogP contribution in [0.3, 0.4) is 0 Å². The first-order valence-corrected chi connectivity index (χ1v) is 21.8. The fraction of sp³-hybridized carbons (Fsp3) is 0.0667. The lowest BCUT2D eigenvalue weighted by Gasteiger charge is -2.23. The third kappa shape index (κ3) is 4.86. The lowest BCUT2D eigenvalue weighted by Crippen LogP contribution is -2.14. The zero-order valence-electron chi connectivity index (χ0n) is 34.9. The molecule has 0 saturated heterocycles. The molecule has 2 nitrogen and oxygen atoms in total. The average molecular weight is 791 g/mol. The van der Waals surface area contributed by atoms with E-state index < -0.39 is 0 Å². The lowest BCUT2D eigenvalue weighted by atomic mass is 9.80. The highest BCUT2D eigenvalue weighted by molar-refractivity contribution is 6.23. The molecule has 1 aliphatic carbocycles. The van der Waals surface area contributed by atoms with Crippen LogP contribution in [0.25, 0.3) is 110 Å². The second-order valence-electron chi connectivity index (χ2n) is 17.7. The maximum absolute atomic E-state index is 2.50. The van der Waals surface area contributed by atoms with Crippen molar-refractivity contribution in [2.45, 2.75) is 26.2 Å². The van der Waals surface area contributed by atoms with Gasteiger partial charge in [0.05, 0.1) is 22.1 Å². The molecule has 62 heavy (non-hydrogen) atoms. The molecule has 10 aromatic carbocycles. The highest BCUT2D eigenvalue weighted by Crippen LogP contribution is 2.52. The molecule has 2 heterocycles. The van der Waals surface area contributed by atoms with Crippen molar-refractivity contribution in [3.8, 4) is 44.8 Å². The van der Waals surface area contributed by atoms with Gasteiger partial charge in [-0.25, -0.2) is 0 Å². The summed E-state index contributed by atoms with van der Waals surface area (Å²) in [6.07, 6.45) is 0. The molecule has 0 saturated carbocycles. The molecule has 292 valence electrons. The normalized spacial score (nSPS) is 13.2. The van der Waals surface area contributed by atoms with E-state index in [2.05, 4.69) is 230 Å². The van der Waals surface area contributed by atoms with Gasteiger partial charge in [-0.2, -0.15) is 0 Å². The van der Waals surface area contributed by atoms with Crippen LogP contribution in [-0.4, -0.2) is 9.13 Å². The van der Waals surface area contributed by atoms with Crippen LogP contribution in [0.1, 0.15) is 30.5 Å². The van der Waals surface area contributed by atoms with Crippen LogP contribution in [-0.2, 0) is 5.41 Å². The minimum atomic E-state index is -0.132. The molecule has 0 spiro atoms. The molecule has 2 heteroatoms. The van der Waals surface area contributed by atoms with Crippen molar-refractivity contribution in [2.75, 3.05) is 0 Å². The van der Waals surface area contributed by atoms with Crippen LogP contribution in [0.15, 0.2) is 200 Å². The number of fused-ring (bicyclic) bond motifs is 11. The monoisotopic (exact) mass is 790 g/mol. The Morgan fingerprint density at radius 1 is 0.323 bits per heavy atom. The van der Waals surface area contributed by atoms with Gasteiger partial charge in [-0.1, -0.05) is 165 Å². The minimum Gasteiger partial charge on any atom is -0.309 e. The van der Waals surface area contributed by atoms with Gasteiger partial charge in [-0.15, -0.1) is 0 Å². The van der Waals surface area contributed by atoms with Crippen molar-refractivity contribution in [1.29, 1.82) is 0 Å². The predicted molar refractivity (Wildman–Crippen MR) is 263 cm³/mol. The van der Waals surface area contributed by atoms with Crippen LogP contribution in [0.4, 0.5) is 0 Å². The van der Waals surface area contributed by atoms with Gasteiger partial charge in [-0.05, 0) is 128 Å². The van der Waals surface area contributed by atoms with Crippen LogP contribution < -0.4 is 0 Å². The number of benzene rings is 10. The Balaban J connectivity index is 1.17. The maximum atomic E-state index is 2.50. The van der Waals surface area contributed by atoms with Gasteiger partial charge in [-0.3, -0.25) is 0 Å². The number of rotatable bonds is 4. The van der Waals surface area contributed by atoms with Crippen LogP contribution in [0.5, 0.6) is 0 Å². The van der Waals surface area contributed by atoms with Gasteiger partial charge in [0.2, 0.25) is 0 Å². The molecule has 0 atom stereocenters. The van der Waals surface area contributed by atoms with E-state index in [1.807, 2.05) is 0 Å². The first-order chi connectivity index (χ1) is 30.4. The van der Waals surface area contributed by atoms with E-state index in [1.54, 1.807) is 0 Å². The summed E-state index contributed by atoms with van der Waals surface area (Å²) in [7, 11) is 0. The minimum absolute atomic E-state index is 0.132. The second-order valence-corrected chi connectivity index (χ2v) is 17.7. The van der Waals surface area contributed by atoms with E-state index in [0.29, 0.717) is 0 Å². The Bertz CT molecular complexity index is 3730. The van der Waals surface area contributed by atoms with Crippen molar-refractivity contribution in [2.24, 2.45) is 0 Å². The molecule has 0 amide bonds. The summed E-state index contributed by atoms with van der Waals surface area (Å²) < 4.78 is 4.91. The molecule has 0 unspecified atom stereocenters. The topological polar surface area (TPSA) is 9.86 Å². The van der Waals surface area contributed by atoms with Crippen molar-refractivity contribution < 1.29 is 0 Å². The largest absolute Gasteiger partial charge is 0.309 e. The Morgan fingerprint density at radius 3 is 1.26 bits per heavy atom. The van der Waals surface area contributed by atoms with E-state index >= 15 is 0 Å². The number of para-hydroxylation sites is 4. The van der Waals surface area contributed by atoms with Gasteiger partial charge in [0.25, 0.3) is 0 Å². The average Bonchev–Trinajstić information content (AvgIpc) is 3.91. The fourth-order valence-corrected chi connectivity index (χ4v) is 11.1. The summed E-state index contributed by atoms with van der Waals surface area (Å²) in [6.45, 7) is 6.95. The Morgan fingerprint density at radius 2 is 0.742 bits per heavy atom.